The van der Waals surface area contributed by atoms with Gasteiger partial charge in [0.05, 0.1) is 0 Å². The molecule has 0 fully saturated rings. The lowest BCUT2D eigenvalue weighted by atomic mass is 10.1. The zero-order valence-corrected chi connectivity index (χ0v) is 10.8. The van der Waals surface area contributed by atoms with Gasteiger partial charge in [-0.3, -0.25) is 0 Å². The maximum atomic E-state index is 5.81. The molecule has 2 N–H and O–H groups in total. The van der Waals surface area contributed by atoms with Gasteiger partial charge in [-0.05, 0) is 18.4 Å². The predicted octanol–water partition coefficient (Wildman–Crippen LogP) is 2.80. The van der Waals surface area contributed by atoms with Crippen LogP contribution in [0.5, 0.6) is 0 Å². The van der Waals surface area contributed by atoms with Gasteiger partial charge in [0.1, 0.15) is 11.6 Å². The van der Waals surface area contributed by atoms with E-state index in [1.165, 1.54) is 5.56 Å². The Balaban J connectivity index is 2.05. The molecule has 1 heterocycles. The molecule has 0 aliphatic heterocycles. The van der Waals surface area contributed by atoms with Gasteiger partial charge in [-0.25, -0.2) is 9.97 Å². The van der Waals surface area contributed by atoms with E-state index in [0.717, 1.165) is 37.2 Å². The first-order valence-corrected chi connectivity index (χ1v) is 6.44. The van der Waals surface area contributed by atoms with Crippen molar-refractivity contribution in [3.63, 3.8) is 0 Å². The van der Waals surface area contributed by atoms with E-state index in [1.807, 2.05) is 12.1 Å². The van der Waals surface area contributed by atoms with Gasteiger partial charge in [-0.1, -0.05) is 43.7 Å². The number of rotatable bonds is 5. The molecule has 0 unspecified atom stereocenters. The minimum absolute atomic E-state index is 0.580. The zero-order chi connectivity index (χ0) is 12.8. The fourth-order valence-corrected chi connectivity index (χ4v) is 1.97. The van der Waals surface area contributed by atoms with Crippen LogP contribution in [0.2, 0.25) is 0 Å². The van der Waals surface area contributed by atoms with Crippen molar-refractivity contribution in [3.05, 3.63) is 53.5 Å². The highest BCUT2D eigenvalue weighted by atomic mass is 14.9. The number of hydrogen-bond acceptors (Lipinski definition) is 3. The number of hydrogen-bond donors (Lipinski definition) is 1. The van der Waals surface area contributed by atoms with E-state index in [0.29, 0.717) is 5.82 Å². The molecule has 1 aromatic heterocycles. The molecule has 18 heavy (non-hydrogen) atoms. The summed E-state index contributed by atoms with van der Waals surface area (Å²) in [6, 6.07) is 12.3. The van der Waals surface area contributed by atoms with Crippen molar-refractivity contribution >= 4 is 5.82 Å². The summed E-state index contributed by atoms with van der Waals surface area (Å²) in [5, 5.41) is 0. The first-order chi connectivity index (χ1) is 8.78. The lowest BCUT2D eigenvalue weighted by molar-refractivity contribution is 0.809. The lowest BCUT2D eigenvalue weighted by Gasteiger charge is -2.05. The number of aryl methyl sites for hydroxylation is 3. The van der Waals surface area contributed by atoms with Gasteiger partial charge in [0.25, 0.3) is 0 Å². The van der Waals surface area contributed by atoms with E-state index in [-0.39, 0.29) is 0 Å². The topological polar surface area (TPSA) is 51.8 Å². The Morgan fingerprint density at radius 3 is 2.50 bits per heavy atom. The summed E-state index contributed by atoms with van der Waals surface area (Å²) in [6.07, 6.45) is 3.83. The van der Waals surface area contributed by atoms with Crippen LogP contribution in [0.3, 0.4) is 0 Å². The summed E-state index contributed by atoms with van der Waals surface area (Å²) in [5.41, 5.74) is 8.16. The van der Waals surface area contributed by atoms with Crippen LogP contribution in [-0.2, 0) is 19.3 Å². The van der Waals surface area contributed by atoms with Crippen LogP contribution >= 0.6 is 0 Å². The molecule has 0 aliphatic rings. The molecule has 0 bridgehead atoms. The van der Waals surface area contributed by atoms with Crippen LogP contribution in [0.25, 0.3) is 0 Å². The molecular formula is C15H19N3. The summed E-state index contributed by atoms with van der Waals surface area (Å²) >= 11 is 0. The second kappa shape index (κ2) is 6.15. The maximum absolute atomic E-state index is 5.81. The standard InChI is InChI=1S/C15H19N3/c1-2-6-13-11-14(16)18-15(17-13)10-9-12-7-4-3-5-8-12/h3-5,7-8,11H,2,6,9-10H2,1H3,(H2,16,17,18). The fraction of sp³-hybridized carbons (Fsp3) is 0.333. The third-order valence-corrected chi connectivity index (χ3v) is 2.83. The van der Waals surface area contributed by atoms with Crippen LogP contribution in [0.4, 0.5) is 5.82 Å². The molecule has 2 rings (SSSR count). The normalized spacial score (nSPS) is 10.5. The minimum Gasteiger partial charge on any atom is -0.384 e. The Labute approximate surface area is 108 Å². The molecule has 0 amide bonds. The molecule has 0 atom stereocenters. The number of benzene rings is 1. The maximum Gasteiger partial charge on any atom is 0.131 e. The Hall–Kier alpha value is -1.90. The SMILES string of the molecule is CCCc1cc(N)nc(CCc2ccccc2)n1. The van der Waals surface area contributed by atoms with Crippen molar-refractivity contribution in [1.82, 2.24) is 9.97 Å². The van der Waals surface area contributed by atoms with Crippen molar-refractivity contribution in [3.8, 4) is 0 Å². The highest BCUT2D eigenvalue weighted by molar-refractivity contribution is 5.30. The first-order valence-electron chi connectivity index (χ1n) is 6.44. The van der Waals surface area contributed by atoms with Gasteiger partial charge in [0, 0.05) is 18.2 Å². The molecule has 3 nitrogen and oxygen atoms in total. The summed E-state index contributed by atoms with van der Waals surface area (Å²) in [6.45, 7) is 2.14. The van der Waals surface area contributed by atoms with Crippen molar-refractivity contribution < 1.29 is 0 Å². The molecule has 0 spiro atoms. The molecule has 0 radical (unpaired) electrons. The van der Waals surface area contributed by atoms with E-state index >= 15 is 0 Å². The molecule has 0 saturated carbocycles. The van der Waals surface area contributed by atoms with Gasteiger partial charge in [0.15, 0.2) is 0 Å². The van der Waals surface area contributed by atoms with Crippen LogP contribution in [-0.4, -0.2) is 9.97 Å². The molecule has 3 heteroatoms. The zero-order valence-electron chi connectivity index (χ0n) is 10.8. The largest absolute Gasteiger partial charge is 0.384 e. The number of anilines is 1. The average molecular weight is 241 g/mol. The summed E-state index contributed by atoms with van der Waals surface area (Å²) in [7, 11) is 0. The number of nitrogen functional groups attached to an aromatic ring is 1. The Morgan fingerprint density at radius 1 is 1.00 bits per heavy atom. The van der Waals surface area contributed by atoms with Gasteiger partial charge in [-0.2, -0.15) is 0 Å². The van der Waals surface area contributed by atoms with Gasteiger partial charge >= 0.3 is 0 Å². The predicted molar refractivity (Wildman–Crippen MR) is 74.3 cm³/mol. The van der Waals surface area contributed by atoms with E-state index in [4.69, 9.17) is 5.73 Å². The number of aromatic nitrogens is 2. The van der Waals surface area contributed by atoms with E-state index in [9.17, 15) is 0 Å². The Bertz CT molecular complexity index is 494. The molecule has 1 aromatic carbocycles. The number of nitrogens with two attached hydrogens (primary N) is 1. The number of nitrogens with zero attached hydrogens (tertiary/aromatic N) is 2. The summed E-state index contributed by atoms with van der Waals surface area (Å²) in [4.78, 5) is 8.85. The van der Waals surface area contributed by atoms with Gasteiger partial charge < -0.3 is 5.73 Å². The molecule has 0 saturated heterocycles. The van der Waals surface area contributed by atoms with Crippen molar-refractivity contribution in [2.24, 2.45) is 0 Å². The molecule has 94 valence electrons. The third-order valence-electron chi connectivity index (χ3n) is 2.83. The summed E-state index contributed by atoms with van der Waals surface area (Å²) in [5.74, 6) is 1.43. The van der Waals surface area contributed by atoms with Gasteiger partial charge in [0.2, 0.25) is 0 Å². The van der Waals surface area contributed by atoms with E-state index in [2.05, 4.69) is 41.2 Å². The Kier molecular flexibility index (Phi) is 4.29. The lowest BCUT2D eigenvalue weighted by Crippen LogP contribution is -2.04. The van der Waals surface area contributed by atoms with Gasteiger partial charge in [-0.15, -0.1) is 0 Å². The van der Waals surface area contributed by atoms with E-state index < -0.39 is 0 Å². The monoisotopic (exact) mass is 241 g/mol. The quantitative estimate of drug-likeness (QED) is 0.875. The highest BCUT2D eigenvalue weighted by Gasteiger charge is 2.03. The van der Waals surface area contributed by atoms with E-state index in [1.54, 1.807) is 0 Å². The minimum atomic E-state index is 0.580. The van der Waals surface area contributed by atoms with Crippen molar-refractivity contribution in [1.29, 1.82) is 0 Å². The highest BCUT2D eigenvalue weighted by Crippen LogP contribution is 2.08. The van der Waals surface area contributed by atoms with Crippen LogP contribution in [0, 0.1) is 0 Å². The third kappa shape index (κ3) is 3.55. The van der Waals surface area contributed by atoms with Crippen LogP contribution in [0.1, 0.15) is 30.4 Å². The second-order valence-corrected chi connectivity index (χ2v) is 4.44. The average Bonchev–Trinajstić information content (AvgIpc) is 2.37. The summed E-state index contributed by atoms with van der Waals surface area (Å²) < 4.78 is 0. The van der Waals surface area contributed by atoms with Crippen LogP contribution < -0.4 is 5.73 Å². The first kappa shape index (κ1) is 12.6. The van der Waals surface area contributed by atoms with Crippen LogP contribution in [0.15, 0.2) is 36.4 Å². The Morgan fingerprint density at radius 2 is 1.78 bits per heavy atom. The molecular weight excluding hydrogens is 222 g/mol. The fourth-order valence-electron chi connectivity index (χ4n) is 1.97. The van der Waals surface area contributed by atoms with Crippen molar-refractivity contribution in [2.45, 2.75) is 32.6 Å². The molecule has 0 aliphatic carbocycles. The van der Waals surface area contributed by atoms with Crippen molar-refractivity contribution in [2.75, 3.05) is 5.73 Å². The second-order valence-electron chi connectivity index (χ2n) is 4.44. The smallest absolute Gasteiger partial charge is 0.131 e. The molecule has 2 aromatic rings.